The Morgan fingerprint density at radius 2 is 1.69 bits per heavy atom. The molecule has 3 aromatic rings. The van der Waals surface area contributed by atoms with Gasteiger partial charge < -0.3 is 9.72 Å². The molecule has 0 radical (unpaired) electrons. The van der Waals surface area contributed by atoms with Gasteiger partial charge in [-0.05, 0) is 93.0 Å². The molecule has 4 nitrogen and oxygen atoms in total. The molecule has 1 aromatic carbocycles. The molecular formula is C25H27N3O. The number of nitrogens with one attached hydrogen (secondary N) is 1. The van der Waals surface area contributed by atoms with Gasteiger partial charge in [0, 0.05) is 23.6 Å². The number of aromatic nitrogens is 2. The third-order valence-electron chi connectivity index (χ3n) is 7.57. The molecule has 0 spiro atoms. The summed E-state index contributed by atoms with van der Waals surface area (Å²) in [6.45, 7) is 2.08. The summed E-state index contributed by atoms with van der Waals surface area (Å²) in [4.78, 5) is 18.0. The molecule has 4 bridgehead atoms. The second-order valence-corrected chi connectivity index (χ2v) is 9.83. The first-order valence-corrected chi connectivity index (χ1v) is 10.9. The number of anilines is 1. The summed E-state index contributed by atoms with van der Waals surface area (Å²) in [5.41, 5.74) is 4.98. The molecule has 1 amide bonds. The van der Waals surface area contributed by atoms with E-state index in [-0.39, 0.29) is 11.3 Å². The summed E-state index contributed by atoms with van der Waals surface area (Å²) in [5.74, 6) is 2.61. The summed E-state index contributed by atoms with van der Waals surface area (Å²) >= 11 is 0. The first kappa shape index (κ1) is 17.3. The van der Waals surface area contributed by atoms with Gasteiger partial charge in [0.2, 0.25) is 5.91 Å². The number of rotatable bonds is 3. The van der Waals surface area contributed by atoms with Gasteiger partial charge >= 0.3 is 0 Å². The Labute approximate surface area is 171 Å². The van der Waals surface area contributed by atoms with Crippen LogP contribution in [0.2, 0.25) is 0 Å². The summed E-state index contributed by atoms with van der Waals surface area (Å²) in [5, 5.41) is 3.25. The Kier molecular flexibility index (Phi) is 3.68. The van der Waals surface area contributed by atoms with Crippen molar-refractivity contribution in [3.8, 4) is 11.3 Å². The number of hydrogen-bond acceptors (Lipinski definition) is 2. The number of imidazole rings is 1. The summed E-state index contributed by atoms with van der Waals surface area (Å²) in [6.07, 6.45) is 11.5. The lowest BCUT2D eigenvalue weighted by atomic mass is 9.49. The third-order valence-corrected chi connectivity index (χ3v) is 7.57. The van der Waals surface area contributed by atoms with Crippen molar-refractivity contribution < 1.29 is 4.79 Å². The van der Waals surface area contributed by atoms with E-state index in [0.717, 1.165) is 59.6 Å². The van der Waals surface area contributed by atoms with Crippen LogP contribution in [0.25, 0.3) is 16.9 Å². The third kappa shape index (κ3) is 2.88. The number of hydrogen-bond donors (Lipinski definition) is 1. The normalized spacial score (nSPS) is 30.0. The van der Waals surface area contributed by atoms with E-state index in [1.165, 1.54) is 24.8 Å². The van der Waals surface area contributed by atoms with Gasteiger partial charge in [0.1, 0.15) is 5.65 Å². The molecule has 4 heteroatoms. The maximum Gasteiger partial charge on any atom is 0.230 e. The van der Waals surface area contributed by atoms with Crippen molar-refractivity contribution >= 4 is 17.2 Å². The van der Waals surface area contributed by atoms with Crippen LogP contribution in [0.15, 0.2) is 48.8 Å². The highest BCUT2D eigenvalue weighted by molar-refractivity contribution is 5.95. The summed E-state index contributed by atoms with van der Waals surface area (Å²) in [6, 6.07) is 12.3. The van der Waals surface area contributed by atoms with E-state index in [1.807, 2.05) is 22.7 Å². The molecular weight excluding hydrogens is 358 g/mol. The predicted octanol–water partition coefficient (Wildman–Crippen LogP) is 5.46. The molecule has 2 aromatic heterocycles. The Morgan fingerprint density at radius 1 is 1.03 bits per heavy atom. The summed E-state index contributed by atoms with van der Waals surface area (Å²) in [7, 11) is 0. The molecule has 1 N–H and O–H groups in total. The standard InChI is InChI=1S/C25H27N3O/c1-16-6-7-28-15-22(27-23(28)8-16)20-2-4-21(5-3-20)26-24(29)25-12-17-9-18(13-25)11-19(10-17)14-25/h2-8,15,17-19H,9-14H2,1H3,(H,26,29). The zero-order valence-corrected chi connectivity index (χ0v) is 16.9. The quantitative estimate of drug-likeness (QED) is 0.650. The smallest absolute Gasteiger partial charge is 0.230 e. The lowest BCUT2D eigenvalue weighted by molar-refractivity contribution is -0.140. The topological polar surface area (TPSA) is 46.4 Å². The van der Waals surface area contributed by atoms with Crippen molar-refractivity contribution in [2.24, 2.45) is 23.2 Å². The molecule has 148 valence electrons. The fourth-order valence-electron chi connectivity index (χ4n) is 6.60. The average molecular weight is 386 g/mol. The van der Waals surface area contributed by atoms with Crippen LogP contribution in [0.3, 0.4) is 0 Å². The largest absolute Gasteiger partial charge is 0.326 e. The van der Waals surface area contributed by atoms with E-state index in [1.54, 1.807) is 0 Å². The number of carbonyl (C=O) groups excluding carboxylic acids is 1. The van der Waals surface area contributed by atoms with Gasteiger partial charge in [0.15, 0.2) is 0 Å². The lowest BCUT2D eigenvalue weighted by Gasteiger charge is -2.55. The van der Waals surface area contributed by atoms with Gasteiger partial charge in [-0.2, -0.15) is 0 Å². The molecule has 4 fully saturated rings. The molecule has 4 saturated carbocycles. The van der Waals surface area contributed by atoms with Crippen LogP contribution < -0.4 is 5.32 Å². The molecule has 0 atom stereocenters. The Hall–Kier alpha value is -2.62. The number of nitrogens with zero attached hydrogens (tertiary/aromatic N) is 2. The number of carbonyl (C=O) groups is 1. The first-order chi connectivity index (χ1) is 14.1. The monoisotopic (exact) mass is 385 g/mol. The minimum absolute atomic E-state index is 0.104. The van der Waals surface area contributed by atoms with Crippen LogP contribution in [0.1, 0.15) is 44.1 Å². The Morgan fingerprint density at radius 3 is 2.34 bits per heavy atom. The van der Waals surface area contributed by atoms with Gasteiger partial charge in [-0.15, -0.1) is 0 Å². The zero-order valence-electron chi connectivity index (χ0n) is 16.9. The molecule has 29 heavy (non-hydrogen) atoms. The van der Waals surface area contributed by atoms with Crippen molar-refractivity contribution in [1.82, 2.24) is 9.38 Å². The SMILES string of the molecule is Cc1ccn2cc(-c3ccc(NC(=O)C45CC6CC(CC(C6)C4)C5)cc3)nc2c1. The molecule has 0 saturated heterocycles. The van der Waals surface area contributed by atoms with Crippen molar-refractivity contribution in [2.75, 3.05) is 5.32 Å². The van der Waals surface area contributed by atoms with E-state index >= 15 is 0 Å². The van der Waals surface area contributed by atoms with Crippen LogP contribution in [-0.2, 0) is 4.79 Å². The fourth-order valence-corrected chi connectivity index (χ4v) is 6.60. The van der Waals surface area contributed by atoms with Gasteiger partial charge in [0.05, 0.1) is 11.1 Å². The molecule has 0 unspecified atom stereocenters. The average Bonchev–Trinajstić information content (AvgIpc) is 3.10. The van der Waals surface area contributed by atoms with Crippen molar-refractivity contribution in [1.29, 1.82) is 0 Å². The minimum Gasteiger partial charge on any atom is -0.326 e. The van der Waals surface area contributed by atoms with Crippen LogP contribution in [0.5, 0.6) is 0 Å². The van der Waals surface area contributed by atoms with Crippen molar-refractivity contribution in [3.63, 3.8) is 0 Å². The van der Waals surface area contributed by atoms with Crippen LogP contribution in [0.4, 0.5) is 5.69 Å². The van der Waals surface area contributed by atoms with Crippen LogP contribution in [0, 0.1) is 30.1 Å². The molecule has 0 aliphatic heterocycles. The molecule has 4 aliphatic rings. The number of fused-ring (bicyclic) bond motifs is 1. The highest BCUT2D eigenvalue weighted by Gasteiger charge is 2.54. The lowest BCUT2D eigenvalue weighted by Crippen LogP contribution is -2.51. The number of benzene rings is 1. The predicted molar refractivity (Wildman–Crippen MR) is 115 cm³/mol. The maximum absolute atomic E-state index is 13.2. The Balaban J connectivity index is 1.21. The van der Waals surface area contributed by atoms with Crippen LogP contribution >= 0.6 is 0 Å². The van der Waals surface area contributed by atoms with Crippen LogP contribution in [-0.4, -0.2) is 15.3 Å². The van der Waals surface area contributed by atoms with Gasteiger partial charge in [-0.3, -0.25) is 4.79 Å². The minimum atomic E-state index is -0.104. The number of amides is 1. The number of pyridine rings is 1. The van der Waals surface area contributed by atoms with E-state index < -0.39 is 0 Å². The zero-order chi connectivity index (χ0) is 19.6. The van der Waals surface area contributed by atoms with Gasteiger partial charge in [-0.25, -0.2) is 4.98 Å². The van der Waals surface area contributed by atoms with E-state index in [9.17, 15) is 4.79 Å². The van der Waals surface area contributed by atoms with E-state index in [4.69, 9.17) is 4.98 Å². The van der Waals surface area contributed by atoms with Gasteiger partial charge in [0.25, 0.3) is 0 Å². The van der Waals surface area contributed by atoms with Crippen molar-refractivity contribution in [3.05, 3.63) is 54.4 Å². The summed E-state index contributed by atoms with van der Waals surface area (Å²) < 4.78 is 2.05. The highest BCUT2D eigenvalue weighted by atomic mass is 16.2. The highest BCUT2D eigenvalue weighted by Crippen LogP contribution is 2.60. The Bertz CT molecular complexity index is 1060. The van der Waals surface area contributed by atoms with Gasteiger partial charge in [-0.1, -0.05) is 12.1 Å². The van der Waals surface area contributed by atoms with E-state index in [2.05, 4.69) is 42.7 Å². The second-order valence-electron chi connectivity index (χ2n) is 9.83. The maximum atomic E-state index is 13.2. The van der Waals surface area contributed by atoms with E-state index in [0.29, 0.717) is 0 Å². The fraction of sp³-hybridized carbons (Fsp3) is 0.440. The molecule has 2 heterocycles. The molecule has 7 rings (SSSR count). The number of aryl methyl sites for hydroxylation is 1. The first-order valence-electron chi connectivity index (χ1n) is 10.9. The molecule has 4 aliphatic carbocycles. The second kappa shape index (κ2) is 6.19. The van der Waals surface area contributed by atoms with Crippen molar-refractivity contribution in [2.45, 2.75) is 45.4 Å².